The summed E-state index contributed by atoms with van der Waals surface area (Å²) in [6, 6.07) is 1.70. The van der Waals surface area contributed by atoms with Crippen LogP contribution in [-0.2, 0) is 16.1 Å². The second-order valence-electron chi connectivity index (χ2n) is 6.06. The highest BCUT2D eigenvalue weighted by atomic mass is 16.2. The van der Waals surface area contributed by atoms with Crippen molar-refractivity contribution < 1.29 is 9.59 Å². The minimum absolute atomic E-state index is 0.0413. The van der Waals surface area contributed by atoms with Crippen molar-refractivity contribution in [2.45, 2.75) is 45.8 Å². The predicted octanol–water partition coefficient (Wildman–Crippen LogP) is -0.0119. The summed E-state index contributed by atoms with van der Waals surface area (Å²) in [6.45, 7) is 8.41. The summed E-state index contributed by atoms with van der Waals surface area (Å²) in [5.74, 6) is -0.478. The Labute approximate surface area is 131 Å². The van der Waals surface area contributed by atoms with Crippen LogP contribution in [0.25, 0.3) is 0 Å². The third kappa shape index (κ3) is 3.85. The third-order valence-corrected chi connectivity index (χ3v) is 4.12. The number of hydrogen-bond donors (Lipinski definition) is 1. The summed E-state index contributed by atoms with van der Waals surface area (Å²) in [7, 11) is 0. The molecule has 22 heavy (non-hydrogen) atoms. The Balaban J connectivity index is 1.96. The van der Waals surface area contributed by atoms with Crippen LogP contribution in [0.15, 0.2) is 12.3 Å². The van der Waals surface area contributed by atoms with Gasteiger partial charge in [-0.2, -0.15) is 5.10 Å². The standard InChI is InChI=1S/C15H25N5O2/c1-11(2)18-8-9-20(13(10-18)15(16)22)14(21)5-7-19-6-4-12(3)17-19/h4,6,11,13H,5,7-10H2,1-3H3,(H2,16,22). The number of primary amides is 1. The van der Waals surface area contributed by atoms with Crippen LogP contribution in [0.3, 0.4) is 0 Å². The lowest BCUT2D eigenvalue weighted by Gasteiger charge is -2.41. The fourth-order valence-corrected chi connectivity index (χ4v) is 2.76. The zero-order chi connectivity index (χ0) is 16.3. The largest absolute Gasteiger partial charge is 0.368 e. The highest BCUT2D eigenvalue weighted by molar-refractivity contribution is 5.87. The molecule has 2 heterocycles. The average molecular weight is 307 g/mol. The first-order valence-corrected chi connectivity index (χ1v) is 7.71. The van der Waals surface area contributed by atoms with E-state index >= 15 is 0 Å². The Kier molecular flexibility index (Phi) is 5.18. The Bertz CT molecular complexity index is 540. The van der Waals surface area contributed by atoms with E-state index in [1.54, 1.807) is 9.58 Å². The molecule has 122 valence electrons. The lowest BCUT2D eigenvalue weighted by atomic mass is 10.1. The number of rotatable bonds is 5. The molecule has 1 atom stereocenters. The summed E-state index contributed by atoms with van der Waals surface area (Å²) in [5, 5.41) is 4.26. The lowest BCUT2D eigenvalue weighted by Crippen LogP contribution is -2.61. The molecule has 1 unspecified atom stereocenters. The molecule has 0 saturated carbocycles. The zero-order valence-corrected chi connectivity index (χ0v) is 13.5. The maximum Gasteiger partial charge on any atom is 0.241 e. The Hall–Kier alpha value is -1.89. The molecule has 1 aromatic rings. The molecule has 0 radical (unpaired) electrons. The number of nitrogens with zero attached hydrogens (tertiary/aromatic N) is 4. The summed E-state index contributed by atoms with van der Waals surface area (Å²) < 4.78 is 1.75. The smallest absolute Gasteiger partial charge is 0.241 e. The molecule has 0 spiro atoms. The quantitative estimate of drug-likeness (QED) is 0.829. The molecule has 0 aliphatic carbocycles. The number of hydrogen-bond acceptors (Lipinski definition) is 4. The summed E-state index contributed by atoms with van der Waals surface area (Å²) in [4.78, 5) is 27.9. The number of aromatic nitrogens is 2. The normalized spacial score (nSPS) is 19.6. The molecule has 0 aromatic carbocycles. The van der Waals surface area contributed by atoms with Gasteiger partial charge in [-0.3, -0.25) is 19.2 Å². The van der Waals surface area contributed by atoms with Gasteiger partial charge in [0.15, 0.2) is 0 Å². The Morgan fingerprint density at radius 3 is 2.68 bits per heavy atom. The summed E-state index contributed by atoms with van der Waals surface area (Å²) in [6.07, 6.45) is 2.18. The van der Waals surface area contributed by atoms with Gasteiger partial charge in [0.25, 0.3) is 0 Å². The fourth-order valence-electron chi connectivity index (χ4n) is 2.76. The molecule has 1 aliphatic heterocycles. The minimum Gasteiger partial charge on any atom is -0.368 e. The molecule has 1 aromatic heterocycles. The van der Waals surface area contributed by atoms with Gasteiger partial charge >= 0.3 is 0 Å². The van der Waals surface area contributed by atoms with Crippen molar-refractivity contribution in [1.29, 1.82) is 0 Å². The Morgan fingerprint density at radius 2 is 2.14 bits per heavy atom. The van der Waals surface area contributed by atoms with Gasteiger partial charge in [0, 0.05) is 44.8 Å². The SMILES string of the molecule is Cc1ccn(CCC(=O)N2CCN(C(C)C)CC2C(N)=O)n1. The van der Waals surface area contributed by atoms with Crippen molar-refractivity contribution >= 4 is 11.8 Å². The van der Waals surface area contributed by atoms with E-state index in [4.69, 9.17) is 5.73 Å². The van der Waals surface area contributed by atoms with E-state index in [2.05, 4.69) is 23.8 Å². The van der Waals surface area contributed by atoms with Gasteiger partial charge < -0.3 is 10.6 Å². The topological polar surface area (TPSA) is 84.5 Å². The van der Waals surface area contributed by atoms with Gasteiger partial charge in [-0.25, -0.2) is 0 Å². The summed E-state index contributed by atoms with van der Waals surface area (Å²) in [5.41, 5.74) is 6.42. The van der Waals surface area contributed by atoms with Crippen LogP contribution in [0.2, 0.25) is 0 Å². The van der Waals surface area contributed by atoms with Crippen molar-refractivity contribution in [2.75, 3.05) is 19.6 Å². The first kappa shape index (κ1) is 16.5. The molecule has 7 heteroatoms. The molecule has 2 N–H and O–H groups in total. The number of carbonyl (C=O) groups is 2. The van der Waals surface area contributed by atoms with Crippen molar-refractivity contribution in [3.8, 4) is 0 Å². The summed E-state index contributed by atoms with van der Waals surface area (Å²) >= 11 is 0. The monoisotopic (exact) mass is 307 g/mol. The predicted molar refractivity (Wildman–Crippen MR) is 83.0 cm³/mol. The molecular formula is C15H25N5O2. The maximum absolute atomic E-state index is 12.4. The second kappa shape index (κ2) is 6.91. The fraction of sp³-hybridized carbons (Fsp3) is 0.667. The molecule has 0 bridgehead atoms. The molecule has 2 rings (SSSR count). The first-order chi connectivity index (χ1) is 10.4. The molecule has 1 aliphatic rings. The number of aryl methyl sites for hydroxylation is 2. The van der Waals surface area contributed by atoms with Gasteiger partial charge in [0.1, 0.15) is 6.04 Å². The van der Waals surface area contributed by atoms with Gasteiger partial charge in [0.2, 0.25) is 11.8 Å². The van der Waals surface area contributed by atoms with Crippen LogP contribution in [0.4, 0.5) is 0 Å². The second-order valence-corrected chi connectivity index (χ2v) is 6.06. The van der Waals surface area contributed by atoms with E-state index in [1.165, 1.54) is 0 Å². The number of carbonyl (C=O) groups excluding carboxylic acids is 2. The van der Waals surface area contributed by atoms with E-state index in [1.807, 2.05) is 19.2 Å². The van der Waals surface area contributed by atoms with E-state index in [0.29, 0.717) is 32.1 Å². The zero-order valence-electron chi connectivity index (χ0n) is 13.5. The first-order valence-electron chi connectivity index (χ1n) is 7.71. The van der Waals surface area contributed by atoms with E-state index in [0.717, 1.165) is 12.2 Å². The molecule has 2 amide bonds. The molecule has 1 fully saturated rings. The van der Waals surface area contributed by atoms with Crippen molar-refractivity contribution in [1.82, 2.24) is 19.6 Å². The van der Waals surface area contributed by atoms with Crippen LogP contribution in [0.1, 0.15) is 26.0 Å². The number of piperazine rings is 1. The van der Waals surface area contributed by atoms with Crippen LogP contribution in [0.5, 0.6) is 0 Å². The minimum atomic E-state index is -0.539. The molecule has 1 saturated heterocycles. The highest BCUT2D eigenvalue weighted by Crippen LogP contribution is 2.14. The van der Waals surface area contributed by atoms with Gasteiger partial charge in [-0.1, -0.05) is 0 Å². The van der Waals surface area contributed by atoms with Crippen molar-refractivity contribution in [2.24, 2.45) is 5.73 Å². The van der Waals surface area contributed by atoms with Crippen LogP contribution in [-0.4, -0.2) is 63.1 Å². The van der Waals surface area contributed by atoms with Crippen molar-refractivity contribution in [3.63, 3.8) is 0 Å². The van der Waals surface area contributed by atoms with E-state index in [-0.39, 0.29) is 5.91 Å². The van der Waals surface area contributed by atoms with Crippen LogP contribution >= 0.6 is 0 Å². The van der Waals surface area contributed by atoms with Crippen LogP contribution < -0.4 is 5.73 Å². The Morgan fingerprint density at radius 1 is 1.41 bits per heavy atom. The van der Waals surface area contributed by atoms with Gasteiger partial charge in [0.05, 0.1) is 5.69 Å². The molecule has 7 nitrogen and oxygen atoms in total. The average Bonchev–Trinajstić information content (AvgIpc) is 2.89. The maximum atomic E-state index is 12.4. The van der Waals surface area contributed by atoms with Crippen molar-refractivity contribution in [3.05, 3.63) is 18.0 Å². The van der Waals surface area contributed by atoms with E-state index in [9.17, 15) is 9.59 Å². The van der Waals surface area contributed by atoms with Crippen LogP contribution in [0, 0.1) is 6.92 Å². The van der Waals surface area contributed by atoms with E-state index < -0.39 is 11.9 Å². The molecular weight excluding hydrogens is 282 g/mol. The number of nitrogens with two attached hydrogens (primary N) is 1. The third-order valence-electron chi connectivity index (χ3n) is 4.12. The number of amides is 2. The lowest BCUT2D eigenvalue weighted by molar-refractivity contribution is -0.143. The highest BCUT2D eigenvalue weighted by Gasteiger charge is 2.34. The van der Waals surface area contributed by atoms with Gasteiger partial charge in [-0.05, 0) is 26.8 Å². The van der Waals surface area contributed by atoms with Gasteiger partial charge in [-0.15, -0.1) is 0 Å².